The van der Waals surface area contributed by atoms with Gasteiger partial charge in [-0.05, 0) is 73.5 Å². The molecular formula is C21H36O2. The molecule has 0 aromatic carbocycles. The summed E-state index contributed by atoms with van der Waals surface area (Å²) in [6.07, 6.45) is 12.1. The Morgan fingerprint density at radius 2 is 1.91 bits per heavy atom. The second-order valence-corrected chi connectivity index (χ2v) is 9.04. The third kappa shape index (κ3) is 3.20. The molecule has 2 heteroatoms. The maximum Gasteiger partial charge on any atom is 0.302 e. The van der Waals surface area contributed by atoms with Crippen LogP contribution in [0.4, 0.5) is 0 Å². The Kier molecular flexibility index (Phi) is 5.09. The maximum absolute atomic E-state index is 11.3. The zero-order valence-electron chi connectivity index (χ0n) is 15.6. The minimum atomic E-state index is -0.0980. The fraction of sp³-hybridized carbons (Fsp3) is 0.952. The fourth-order valence-electron chi connectivity index (χ4n) is 6.83. The molecular weight excluding hydrogens is 284 g/mol. The lowest BCUT2D eigenvalue weighted by atomic mass is 9.49. The predicted molar refractivity (Wildman–Crippen MR) is 94.0 cm³/mol. The topological polar surface area (TPSA) is 26.3 Å². The van der Waals surface area contributed by atoms with E-state index in [4.69, 9.17) is 4.74 Å². The lowest BCUT2D eigenvalue weighted by Crippen LogP contribution is -2.50. The average molecular weight is 321 g/mol. The van der Waals surface area contributed by atoms with Crippen LogP contribution in [0.25, 0.3) is 0 Å². The molecule has 3 aliphatic carbocycles. The summed E-state index contributed by atoms with van der Waals surface area (Å²) in [5, 5.41) is 0. The van der Waals surface area contributed by atoms with E-state index in [0.29, 0.717) is 5.41 Å². The van der Waals surface area contributed by atoms with E-state index >= 15 is 0 Å². The van der Waals surface area contributed by atoms with E-state index in [0.717, 1.165) is 42.4 Å². The molecule has 7 atom stereocenters. The van der Waals surface area contributed by atoms with Crippen LogP contribution in [0.3, 0.4) is 0 Å². The van der Waals surface area contributed by atoms with E-state index in [1.807, 2.05) is 0 Å². The summed E-state index contributed by atoms with van der Waals surface area (Å²) < 4.78 is 5.56. The van der Waals surface area contributed by atoms with Gasteiger partial charge in [0, 0.05) is 6.92 Å². The first-order valence-corrected chi connectivity index (χ1v) is 10.1. The second-order valence-electron chi connectivity index (χ2n) is 9.04. The summed E-state index contributed by atoms with van der Waals surface area (Å²) in [6, 6.07) is 0. The molecule has 3 rings (SSSR count). The fourth-order valence-corrected chi connectivity index (χ4v) is 6.83. The molecule has 132 valence electrons. The second kappa shape index (κ2) is 6.76. The highest BCUT2D eigenvalue weighted by Gasteiger charge is 2.52. The lowest BCUT2D eigenvalue weighted by Gasteiger charge is -2.56. The van der Waals surface area contributed by atoms with Crippen LogP contribution in [0.2, 0.25) is 0 Å². The molecule has 0 aliphatic heterocycles. The molecule has 0 N–H and O–H groups in total. The summed E-state index contributed by atoms with van der Waals surface area (Å²) in [5.41, 5.74) is 0.483. The molecule has 3 fully saturated rings. The van der Waals surface area contributed by atoms with Crippen LogP contribution >= 0.6 is 0 Å². The van der Waals surface area contributed by atoms with E-state index in [9.17, 15) is 4.79 Å². The lowest BCUT2D eigenvalue weighted by molar-refractivity contribution is -0.155. The number of ether oxygens (including phenoxy) is 1. The highest BCUT2D eigenvalue weighted by atomic mass is 16.5. The quantitative estimate of drug-likeness (QED) is 0.633. The van der Waals surface area contributed by atoms with Crippen molar-refractivity contribution in [3.8, 4) is 0 Å². The van der Waals surface area contributed by atoms with Gasteiger partial charge in [-0.3, -0.25) is 4.79 Å². The van der Waals surface area contributed by atoms with E-state index < -0.39 is 0 Å². The molecule has 0 aromatic rings. The number of rotatable bonds is 3. The molecule has 0 amide bonds. The van der Waals surface area contributed by atoms with Gasteiger partial charge in [-0.15, -0.1) is 0 Å². The monoisotopic (exact) mass is 320 g/mol. The SMILES string of the molecule is CCC1C(C2CCCC2C)CCC2CC(OC(C)=O)CCC21C. The molecule has 3 aliphatic rings. The zero-order valence-corrected chi connectivity index (χ0v) is 15.6. The van der Waals surface area contributed by atoms with Crippen LogP contribution in [-0.2, 0) is 9.53 Å². The predicted octanol–water partition coefficient (Wildman–Crippen LogP) is 5.60. The van der Waals surface area contributed by atoms with Gasteiger partial charge in [0.1, 0.15) is 6.10 Å². The van der Waals surface area contributed by atoms with Gasteiger partial charge in [0.25, 0.3) is 0 Å². The first kappa shape index (κ1) is 17.3. The first-order valence-electron chi connectivity index (χ1n) is 10.1. The van der Waals surface area contributed by atoms with Gasteiger partial charge < -0.3 is 4.74 Å². The summed E-state index contributed by atoms with van der Waals surface area (Å²) >= 11 is 0. The molecule has 3 saturated carbocycles. The molecule has 0 heterocycles. The number of esters is 1. The molecule has 0 saturated heterocycles. The third-order valence-corrected chi connectivity index (χ3v) is 7.95. The highest BCUT2D eigenvalue weighted by molar-refractivity contribution is 5.66. The van der Waals surface area contributed by atoms with Crippen molar-refractivity contribution < 1.29 is 9.53 Å². The summed E-state index contributed by atoms with van der Waals surface area (Å²) in [4.78, 5) is 11.3. The van der Waals surface area contributed by atoms with Crippen molar-refractivity contribution in [2.45, 2.75) is 91.6 Å². The van der Waals surface area contributed by atoms with Gasteiger partial charge in [-0.2, -0.15) is 0 Å². The van der Waals surface area contributed by atoms with Gasteiger partial charge in [0.2, 0.25) is 0 Å². The van der Waals surface area contributed by atoms with Crippen LogP contribution in [-0.4, -0.2) is 12.1 Å². The van der Waals surface area contributed by atoms with Crippen LogP contribution in [0.15, 0.2) is 0 Å². The Balaban J connectivity index is 1.74. The van der Waals surface area contributed by atoms with E-state index in [2.05, 4.69) is 20.8 Å². The smallest absolute Gasteiger partial charge is 0.302 e. The van der Waals surface area contributed by atoms with E-state index in [1.165, 1.54) is 44.9 Å². The Morgan fingerprint density at radius 3 is 2.52 bits per heavy atom. The minimum absolute atomic E-state index is 0.0980. The van der Waals surface area contributed by atoms with Crippen LogP contribution in [0, 0.1) is 35.0 Å². The van der Waals surface area contributed by atoms with Crippen molar-refractivity contribution >= 4 is 5.97 Å². The number of fused-ring (bicyclic) bond motifs is 1. The zero-order chi connectivity index (χ0) is 16.6. The van der Waals surface area contributed by atoms with Crippen molar-refractivity contribution in [1.82, 2.24) is 0 Å². The van der Waals surface area contributed by atoms with Gasteiger partial charge >= 0.3 is 5.97 Å². The Hall–Kier alpha value is -0.530. The van der Waals surface area contributed by atoms with Crippen molar-refractivity contribution in [2.75, 3.05) is 0 Å². The Morgan fingerprint density at radius 1 is 1.13 bits per heavy atom. The van der Waals surface area contributed by atoms with Crippen LogP contribution < -0.4 is 0 Å². The van der Waals surface area contributed by atoms with Crippen molar-refractivity contribution in [1.29, 1.82) is 0 Å². The third-order valence-electron chi connectivity index (χ3n) is 7.95. The van der Waals surface area contributed by atoms with E-state index in [1.54, 1.807) is 6.92 Å². The standard InChI is InChI=1S/C21H36O2/c1-5-20-19(18-8-6-7-14(18)2)10-9-16-13-17(23-15(3)22)11-12-21(16,20)4/h14,16-20H,5-13H2,1-4H3. The molecule has 0 spiro atoms. The maximum atomic E-state index is 11.3. The Bertz CT molecular complexity index is 432. The number of hydrogen-bond donors (Lipinski definition) is 0. The van der Waals surface area contributed by atoms with Crippen LogP contribution in [0.1, 0.15) is 85.5 Å². The van der Waals surface area contributed by atoms with Gasteiger partial charge in [-0.1, -0.05) is 40.0 Å². The summed E-state index contributed by atoms with van der Waals surface area (Å²) in [6.45, 7) is 9.04. The number of carbonyl (C=O) groups is 1. The number of hydrogen-bond acceptors (Lipinski definition) is 2. The van der Waals surface area contributed by atoms with Crippen molar-refractivity contribution in [3.63, 3.8) is 0 Å². The molecule has 0 aromatic heterocycles. The molecule has 7 unspecified atom stereocenters. The molecule has 0 radical (unpaired) electrons. The average Bonchev–Trinajstić information content (AvgIpc) is 2.92. The van der Waals surface area contributed by atoms with Crippen molar-refractivity contribution in [2.24, 2.45) is 35.0 Å². The Labute approximate surface area is 142 Å². The summed E-state index contributed by atoms with van der Waals surface area (Å²) in [7, 11) is 0. The number of carbonyl (C=O) groups excluding carboxylic acids is 1. The first-order chi connectivity index (χ1) is 11.0. The molecule has 2 nitrogen and oxygen atoms in total. The van der Waals surface area contributed by atoms with Gasteiger partial charge in [-0.25, -0.2) is 0 Å². The van der Waals surface area contributed by atoms with Crippen molar-refractivity contribution in [3.05, 3.63) is 0 Å². The summed E-state index contributed by atoms with van der Waals surface area (Å²) in [5.74, 6) is 4.40. The van der Waals surface area contributed by atoms with E-state index in [-0.39, 0.29) is 12.1 Å². The molecule has 0 bridgehead atoms. The van der Waals surface area contributed by atoms with Gasteiger partial charge in [0.05, 0.1) is 0 Å². The van der Waals surface area contributed by atoms with Crippen LogP contribution in [0.5, 0.6) is 0 Å². The molecule has 23 heavy (non-hydrogen) atoms. The largest absolute Gasteiger partial charge is 0.463 e. The normalized spacial score (nSPS) is 47.1. The highest BCUT2D eigenvalue weighted by Crippen LogP contribution is 2.60. The minimum Gasteiger partial charge on any atom is -0.463 e. The van der Waals surface area contributed by atoms with Gasteiger partial charge in [0.15, 0.2) is 0 Å².